The molecule has 1 heterocycles. The van der Waals surface area contributed by atoms with E-state index in [0.717, 1.165) is 37.9 Å². The molecule has 2 atom stereocenters. The minimum Gasteiger partial charge on any atom is -0.342 e. The monoisotopic (exact) mass is 290 g/mol. The molecule has 1 aliphatic heterocycles. The molecule has 1 aliphatic carbocycles. The fourth-order valence-electron chi connectivity index (χ4n) is 3.13. The summed E-state index contributed by atoms with van der Waals surface area (Å²) < 4.78 is 13.2. The van der Waals surface area contributed by atoms with Crippen molar-refractivity contribution in [2.75, 3.05) is 13.1 Å². The quantitative estimate of drug-likeness (QED) is 0.924. The van der Waals surface area contributed by atoms with Gasteiger partial charge in [0.2, 0.25) is 5.91 Å². The van der Waals surface area contributed by atoms with Gasteiger partial charge in [-0.3, -0.25) is 4.79 Å². The van der Waals surface area contributed by atoms with Crippen LogP contribution in [0.1, 0.15) is 31.7 Å². The highest BCUT2D eigenvalue weighted by Gasteiger charge is 2.36. The van der Waals surface area contributed by atoms with E-state index in [0.29, 0.717) is 30.3 Å². The van der Waals surface area contributed by atoms with Crippen LogP contribution in [0.5, 0.6) is 0 Å². The molecule has 1 saturated heterocycles. The SMILES string of the molecule is C[C@@H]1CN(C(=O)C2CC2)CC[C@H]1NCc1cccc(F)c1. The maximum Gasteiger partial charge on any atom is 0.225 e. The Bertz CT molecular complexity index is 515. The van der Waals surface area contributed by atoms with E-state index < -0.39 is 0 Å². The highest BCUT2D eigenvalue weighted by molar-refractivity contribution is 5.81. The Labute approximate surface area is 125 Å². The second-order valence-corrected chi connectivity index (χ2v) is 6.44. The Morgan fingerprint density at radius 1 is 1.38 bits per heavy atom. The van der Waals surface area contributed by atoms with Gasteiger partial charge in [0.15, 0.2) is 0 Å². The van der Waals surface area contributed by atoms with Crippen LogP contribution in [0, 0.1) is 17.7 Å². The summed E-state index contributed by atoms with van der Waals surface area (Å²) in [5, 5.41) is 3.51. The molecule has 0 aromatic heterocycles. The van der Waals surface area contributed by atoms with E-state index in [-0.39, 0.29) is 5.82 Å². The predicted molar refractivity (Wildman–Crippen MR) is 80.1 cm³/mol. The Morgan fingerprint density at radius 3 is 2.86 bits per heavy atom. The van der Waals surface area contributed by atoms with E-state index in [1.165, 1.54) is 6.07 Å². The first-order valence-corrected chi connectivity index (χ1v) is 7.90. The van der Waals surface area contributed by atoms with Crippen LogP contribution in [-0.4, -0.2) is 29.9 Å². The van der Waals surface area contributed by atoms with Crippen LogP contribution in [-0.2, 0) is 11.3 Å². The largest absolute Gasteiger partial charge is 0.342 e. The summed E-state index contributed by atoms with van der Waals surface area (Å²) in [5.41, 5.74) is 0.971. The van der Waals surface area contributed by atoms with E-state index >= 15 is 0 Å². The minimum atomic E-state index is -0.188. The van der Waals surface area contributed by atoms with Gasteiger partial charge in [-0.15, -0.1) is 0 Å². The number of piperidine rings is 1. The minimum absolute atomic E-state index is 0.188. The van der Waals surface area contributed by atoms with Crippen molar-refractivity contribution in [3.05, 3.63) is 35.6 Å². The highest BCUT2D eigenvalue weighted by atomic mass is 19.1. The molecule has 0 spiro atoms. The van der Waals surface area contributed by atoms with Crippen molar-refractivity contribution >= 4 is 5.91 Å². The molecule has 21 heavy (non-hydrogen) atoms. The molecule has 3 rings (SSSR count). The summed E-state index contributed by atoms with van der Waals surface area (Å²) in [6, 6.07) is 7.12. The van der Waals surface area contributed by atoms with Crippen molar-refractivity contribution < 1.29 is 9.18 Å². The van der Waals surface area contributed by atoms with Gasteiger partial charge in [0.05, 0.1) is 0 Å². The van der Waals surface area contributed by atoms with Crippen molar-refractivity contribution in [2.45, 2.75) is 38.8 Å². The van der Waals surface area contributed by atoms with Crippen LogP contribution < -0.4 is 5.32 Å². The van der Waals surface area contributed by atoms with Crippen LogP contribution in [0.3, 0.4) is 0 Å². The van der Waals surface area contributed by atoms with Crippen LogP contribution >= 0.6 is 0 Å². The molecule has 1 saturated carbocycles. The summed E-state index contributed by atoms with van der Waals surface area (Å²) in [4.78, 5) is 14.1. The van der Waals surface area contributed by atoms with Crippen molar-refractivity contribution in [1.82, 2.24) is 10.2 Å². The molecule has 3 nitrogen and oxygen atoms in total. The summed E-state index contributed by atoms with van der Waals surface area (Å²) in [6.45, 7) is 4.57. The van der Waals surface area contributed by atoms with Gasteiger partial charge in [-0.1, -0.05) is 19.1 Å². The van der Waals surface area contributed by atoms with Crippen molar-refractivity contribution in [2.24, 2.45) is 11.8 Å². The number of amides is 1. The lowest BCUT2D eigenvalue weighted by atomic mass is 9.93. The fourth-order valence-corrected chi connectivity index (χ4v) is 3.13. The van der Waals surface area contributed by atoms with Crippen LogP contribution in [0.2, 0.25) is 0 Å². The fraction of sp³-hybridized carbons (Fsp3) is 0.588. The third-order valence-electron chi connectivity index (χ3n) is 4.60. The first-order valence-electron chi connectivity index (χ1n) is 7.90. The number of benzene rings is 1. The average molecular weight is 290 g/mol. The molecule has 114 valence electrons. The lowest BCUT2D eigenvalue weighted by molar-refractivity contribution is -0.134. The molecule has 2 fully saturated rings. The summed E-state index contributed by atoms with van der Waals surface area (Å²) in [7, 11) is 0. The summed E-state index contributed by atoms with van der Waals surface area (Å²) >= 11 is 0. The van der Waals surface area contributed by atoms with Gasteiger partial charge >= 0.3 is 0 Å². The Balaban J connectivity index is 1.50. The highest BCUT2D eigenvalue weighted by Crippen LogP contribution is 2.32. The predicted octanol–water partition coefficient (Wildman–Crippen LogP) is 2.56. The zero-order chi connectivity index (χ0) is 14.8. The summed E-state index contributed by atoms with van der Waals surface area (Å²) in [6.07, 6.45) is 3.13. The smallest absolute Gasteiger partial charge is 0.225 e. The molecule has 0 bridgehead atoms. The lowest BCUT2D eigenvalue weighted by Crippen LogP contribution is -2.50. The first kappa shape index (κ1) is 14.5. The van der Waals surface area contributed by atoms with E-state index in [1.54, 1.807) is 12.1 Å². The van der Waals surface area contributed by atoms with Gasteiger partial charge in [-0.25, -0.2) is 4.39 Å². The number of hydrogen-bond acceptors (Lipinski definition) is 2. The van der Waals surface area contributed by atoms with Crippen molar-refractivity contribution in [3.8, 4) is 0 Å². The van der Waals surface area contributed by atoms with Gasteiger partial charge in [-0.2, -0.15) is 0 Å². The number of rotatable bonds is 4. The number of halogens is 1. The van der Waals surface area contributed by atoms with Crippen LogP contribution in [0.15, 0.2) is 24.3 Å². The van der Waals surface area contributed by atoms with Crippen molar-refractivity contribution in [1.29, 1.82) is 0 Å². The number of nitrogens with zero attached hydrogens (tertiary/aromatic N) is 1. The number of hydrogen-bond donors (Lipinski definition) is 1. The second kappa shape index (κ2) is 6.14. The Morgan fingerprint density at radius 2 is 2.19 bits per heavy atom. The van der Waals surface area contributed by atoms with Crippen LogP contribution in [0.25, 0.3) is 0 Å². The van der Waals surface area contributed by atoms with E-state index in [1.807, 2.05) is 11.0 Å². The van der Waals surface area contributed by atoms with E-state index in [2.05, 4.69) is 12.2 Å². The molecule has 1 aromatic rings. The van der Waals surface area contributed by atoms with Crippen LogP contribution in [0.4, 0.5) is 4.39 Å². The van der Waals surface area contributed by atoms with E-state index in [9.17, 15) is 9.18 Å². The average Bonchev–Trinajstić information content (AvgIpc) is 3.30. The number of carbonyl (C=O) groups is 1. The van der Waals surface area contributed by atoms with Gasteiger partial charge in [0, 0.05) is 31.6 Å². The maximum atomic E-state index is 13.2. The molecule has 4 heteroatoms. The number of carbonyl (C=O) groups excluding carboxylic acids is 1. The summed E-state index contributed by atoms with van der Waals surface area (Å²) in [5.74, 6) is 0.918. The van der Waals surface area contributed by atoms with Gasteiger partial charge in [-0.05, 0) is 42.9 Å². The maximum absolute atomic E-state index is 13.2. The molecular weight excluding hydrogens is 267 g/mol. The molecule has 1 N–H and O–H groups in total. The van der Waals surface area contributed by atoms with E-state index in [4.69, 9.17) is 0 Å². The molecular formula is C17H23FN2O. The molecule has 1 aromatic carbocycles. The number of nitrogens with one attached hydrogen (secondary N) is 1. The zero-order valence-electron chi connectivity index (χ0n) is 12.5. The normalized spacial score (nSPS) is 25.9. The van der Waals surface area contributed by atoms with Gasteiger partial charge in [0.25, 0.3) is 0 Å². The topological polar surface area (TPSA) is 32.3 Å². The Kier molecular flexibility index (Phi) is 4.24. The molecule has 0 unspecified atom stereocenters. The standard InChI is InChI=1S/C17H23FN2O/c1-12-11-20(17(21)14-5-6-14)8-7-16(12)19-10-13-3-2-4-15(18)9-13/h2-4,9,12,14,16,19H,5-8,10-11H2,1H3/t12-,16-/m1/s1. The second-order valence-electron chi connectivity index (χ2n) is 6.44. The van der Waals surface area contributed by atoms with Gasteiger partial charge < -0.3 is 10.2 Å². The third kappa shape index (κ3) is 3.62. The molecule has 2 aliphatic rings. The first-order chi connectivity index (χ1) is 10.1. The van der Waals surface area contributed by atoms with Gasteiger partial charge in [0.1, 0.15) is 5.82 Å². The Hall–Kier alpha value is -1.42. The molecule has 0 radical (unpaired) electrons. The zero-order valence-corrected chi connectivity index (χ0v) is 12.5. The lowest BCUT2D eigenvalue weighted by Gasteiger charge is -2.37. The number of likely N-dealkylation sites (tertiary alicyclic amines) is 1. The third-order valence-corrected chi connectivity index (χ3v) is 4.60. The molecule has 1 amide bonds. The van der Waals surface area contributed by atoms with Crippen molar-refractivity contribution in [3.63, 3.8) is 0 Å².